The van der Waals surface area contributed by atoms with Gasteiger partial charge in [0.25, 0.3) is 0 Å². The summed E-state index contributed by atoms with van der Waals surface area (Å²) < 4.78 is 10.4. The maximum absolute atomic E-state index is 6.07. The standard InChI is InChI=1S/C15H17Cl3N4O2/c1-2-19-15(21-9-11-3-5-24-22-11)20-4-6-23-14-12(17)7-10(16)8-13(14)18/h3,5,7-8H,2,4,6,9H2,1H3,(H2,19,20,21). The van der Waals surface area contributed by atoms with Crippen molar-refractivity contribution in [3.8, 4) is 5.75 Å². The van der Waals surface area contributed by atoms with Gasteiger partial charge in [0.2, 0.25) is 0 Å². The van der Waals surface area contributed by atoms with Gasteiger partial charge in [-0.05, 0) is 19.1 Å². The van der Waals surface area contributed by atoms with Crippen molar-refractivity contribution in [2.24, 2.45) is 4.99 Å². The van der Waals surface area contributed by atoms with Crippen molar-refractivity contribution in [3.63, 3.8) is 0 Å². The van der Waals surface area contributed by atoms with Crippen LogP contribution >= 0.6 is 34.8 Å². The summed E-state index contributed by atoms with van der Waals surface area (Å²) in [5.41, 5.74) is 0.753. The smallest absolute Gasteiger partial charge is 0.191 e. The number of aliphatic imine (C=N–C) groups is 1. The Morgan fingerprint density at radius 2 is 2.00 bits per heavy atom. The van der Waals surface area contributed by atoms with E-state index in [1.165, 1.54) is 6.26 Å². The SMILES string of the molecule is CCNC(=NCc1ccon1)NCCOc1c(Cl)cc(Cl)cc1Cl. The zero-order chi connectivity index (χ0) is 17.4. The molecule has 0 aliphatic heterocycles. The zero-order valence-corrected chi connectivity index (χ0v) is 15.3. The van der Waals surface area contributed by atoms with E-state index in [0.717, 1.165) is 12.2 Å². The summed E-state index contributed by atoms with van der Waals surface area (Å²) in [6, 6.07) is 4.93. The lowest BCUT2D eigenvalue weighted by molar-refractivity contribution is 0.322. The van der Waals surface area contributed by atoms with Gasteiger partial charge in [-0.2, -0.15) is 0 Å². The summed E-state index contributed by atoms with van der Waals surface area (Å²) in [4.78, 5) is 4.39. The highest BCUT2D eigenvalue weighted by molar-refractivity contribution is 6.40. The molecule has 2 N–H and O–H groups in total. The largest absolute Gasteiger partial charge is 0.489 e. The van der Waals surface area contributed by atoms with Crippen LogP contribution in [0.25, 0.3) is 0 Å². The molecule has 0 bridgehead atoms. The van der Waals surface area contributed by atoms with Gasteiger partial charge in [0.05, 0.1) is 23.1 Å². The molecule has 0 aliphatic carbocycles. The summed E-state index contributed by atoms with van der Waals surface area (Å²) in [6.07, 6.45) is 1.51. The van der Waals surface area contributed by atoms with E-state index >= 15 is 0 Å². The monoisotopic (exact) mass is 390 g/mol. The van der Waals surface area contributed by atoms with Crippen LogP contribution in [0.5, 0.6) is 5.75 Å². The predicted octanol–water partition coefficient (Wildman–Crippen LogP) is 3.77. The molecule has 0 fully saturated rings. The molecule has 0 aliphatic rings. The third-order valence-electron chi connectivity index (χ3n) is 2.84. The number of nitrogens with zero attached hydrogens (tertiary/aromatic N) is 2. The molecule has 130 valence electrons. The van der Waals surface area contributed by atoms with Crippen LogP contribution in [0, 0.1) is 0 Å². The van der Waals surface area contributed by atoms with Gasteiger partial charge in [-0.15, -0.1) is 0 Å². The Balaban J connectivity index is 1.83. The summed E-state index contributed by atoms with van der Waals surface area (Å²) in [5, 5.41) is 11.3. The first-order chi connectivity index (χ1) is 11.6. The first-order valence-electron chi connectivity index (χ1n) is 7.29. The van der Waals surface area contributed by atoms with Gasteiger partial charge in [-0.3, -0.25) is 0 Å². The van der Waals surface area contributed by atoms with E-state index < -0.39 is 0 Å². The molecule has 6 nitrogen and oxygen atoms in total. The second-order valence-electron chi connectivity index (χ2n) is 4.66. The second kappa shape index (κ2) is 9.61. The molecule has 0 saturated carbocycles. The first kappa shape index (κ1) is 18.7. The quantitative estimate of drug-likeness (QED) is 0.427. The molecule has 0 atom stereocenters. The van der Waals surface area contributed by atoms with Crippen LogP contribution in [0.4, 0.5) is 0 Å². The maximum Gasteiger partial charge on any atom is 0.191 e. The Labute approximate surface area is 155 Å². The van der Waals surface area contributed by atoms with Crippen LogP contribution < -0.4 is 15.4 Å². The lowest BCUT2D eigenvalue weighted by Gasteiger charge is -2.13. The van der Waals surface area contributed by atoms with Gasteiger partial charge in [0.1, 0.15) is 18.6 Å². The average molecular weight is 392 g/mol. The number of ether oxygens (including phenoxy) is 1. The molecule has 0 unspecified atom stereocenters. The fraction of sp³-hybridized carbons (Fsp3) is 0.333. The number of rotatable bonds is 7. The molecule has 1 heterocycles. The molecule has 0 radical (unpaired) electrons. The van der Waals surface area contributed by atoms with Crippen LogP contribution in [0.2, 0.25) is 15.1 Å². The molecule has 2 aromatic rings. The van der Waals surface area contributed by atoms with Crippen molar-refractivity contribution in [3.05, 3.63) is 45.2 Å². The van der Waals surface area contributed by atoms with Crippen LogP contribution in [0.3, 0.4) is 0 Å². The molecular weight excluding hydrogens is 375 g/mol. The number of halogens is 3. The normalized spacial score (nSPS) is 11.4. The fourth-order valence-electron chi connectivity index (χ4n) is 1.81. The number of aromatic nitrogens is 1. The summed E-state index contributed by atoms with van der Waals surface area (Å²) >= 11 is 18.0. The van der Waals surface area contributed by atoms with Crippen molar-refractivity contribution in [2.45, 2.75) is 13.5 Å². The lowest BCUT2D eigenvalue weighted by Crippen LogP contribution is -2.39. The number of nitrogens with one attached hydrogen (secondary N) is 2. The van der Waals surface area contributed by atoms with Crippen LogP contribution in [0.1, 0.15) is 12.6 Å². The molecule has 0 amide bonds. The van der Waals surface area contributed by atoms with Crippen LogP contribution in [-0.4, -0.2) is 30.8 Å². The van der Waals surface area contributed by atoms with Crippen molar-refractivity contribution in [1.82, 2.24) is 15.8 Å². The highest BCUT2D eigenvalue weighted by Gasteiger charge is 2.09. The van der Waals surface area contributed by atoms with E-state index in [0.29, 0.717) is 46.5 Å². The summed E-state index contributed by atoms with van der Waals surface area (Å²) in [7, 11) is 0. The maximum atomic E-state index is 6.07. The van der Waals surface area contributed by atoms with Crippen molar-refractivity contribution in [1.29, 1.82) is 0 Å². The van der Waals surface area contributed by atoms with Crippen molar-refractivity contribution >= 4 is 40.8 Å². The number of guanidine groups is 1. The topological polar surface area (TPSA) is 71.7 Å². The third-order valence-corrected chi connectivity index (χ3v) is 3.62. The van der Waals surface area contributed by atoms with E-state index in [9.17, 15) is 0 Å². The fourth-order valence-corrected chi connectivity index (χ4v) is 2.74. The molecule has 9 heteroatoms. The van der Waals surface area contributed by atoms with E-state index in [2.05, 4.69) is 20.8 Å². The Hall–Kier alpha value is -1.63. The van der Waals surface area contributed by atoms with Gasteiger partial charge >= 0.3 is 0 Å². The Morgan fingerprint density at radius 1 is 1.25 bits per heavy atom. The average Bonchev–Trinajstić information content (AvgIpc) is 3.04. The van der Waals surface area contributed by atoms with E-state index in [-0.39, 0.29) is 0 Å². The molecule has 0 spiro atoms. The molecule has 1 aromatic heterocycles. The van der Waals surface area contributed by atoms with Gasteiger partial charge in [-0.1, -0.05) is 40.0 Å². The van der Waals surface area contributed by atoms with Gasteiger partial charge in [0, 0.05) is 17.6 Å². The minimum Gasteiger partial charge on any atom is -0.489 e. The molecular formula is C15H17Cl3N4O2. The highest BCUT2D eigenvalue weighted by atomic mass is 35.5. The Morgan fingerprint density at radius 3 is 2.62 bits per heavy atom. The van der Waals surface area contributed by atoms with Gasteiger partial charge in [0.15, 0.2) is 11.7 Å². The first-order valence-corrected chi connectivity index (χ1v) is 8.42. The summed E-state index contributed by atoms with van der Waals surface area (Å²) in [5.74, 6) is 1.06. The Bertz CT molecular complexity index is 654. The van der Waals surface area contributed by atoms with Crippen molar-refractivity contribution in [2.75, 3.05) is 19.7 Å². The Kier molecular flexibility index (Phi) is 7.49. The van der Waals surface area contributed by atoms with Crippen LogP contribution in [0.15, 0.2) is 34.0 Å². The van der Waals surface area contributed by atoms with E-state index in [4.69, 9.17) is 44.1 Å². The zero-order valence-electron chi connectivity index (χ0n) is 13.0. The second-order valence-corrected chi connectivity index (χ2v) is 5.91. The van der Waals surface area contributed by atoms with Gasteiger partial charge in [-0.25, -0.2) is 4.99 Å². The predicted molar refractivity (Wildman–Crippen MR) is 96.3 cm³/mol. The third kappa shape index (κ3) is 5.78. The number of benzene rings is 1. The van der Waals surface area contributed by atoms with E-state index in [1.807, 2.05) is 6.92 Å². The molecule has 0 saturated heterocycles. The molecule has 1 aromatic carbocycles. The van der Waals surface area contributed by atoms with E-state index in [1.54, 1.807) is 18.2 Å². The molecule has 2 rings (SSSR count). The minimum atomic E-state index is 0.357. The number of hydrogen-bond donors (Lipinski definition) is 2. The molecule has 24 heavy (non-hydrogen) atoms. The van der Waals surface area contributed by atoms with Gasteiger partial charge < -0.3 is 19.9 Å². The highest BCUT2D eigenvalue weighted by Crippen LogP contribution is 2.35. The lowest BCUT2D eigenvalue weighted by atomic mass is 10.3. The van der Waals surface area contributed by atoms with Crippen molar-refractivity contribution < 1.29 is 9.26 Å². The van der Waals surface area contributed by atoms with Crippen LogP contribution in [-0.2, 0) is 6.54 Å². The number of hydrogen-bond acceptors (Lipinski definition) is 4. The minimum absolute atomic E-state index is 0.357. The summed E-state index contributed by atoms with van der Waals surface area (Å²) in [6.45, 7) is 4.01.